The molecule has 0 aliphatic carbocycles. The van der Waals surface area contributed by atoms with Gasteiger partial charge < -0.3 is 18.9 Å². The van der Waals surface area contributed by atoms with Crippen LogP contribution in [0.15, 0.2) is 30.3 Å². The van der Waals surface area contributed by atoms with Gasteiger partial charge in [-0.15, -0.1) is 0 Å². The van der Waals surface area contributed by atoms with Gasteiger partial charge in [0.2, 0.25) is 0 Å². The van der Waals surface area contributed by atoms with Gasteiger partial charge in [0.1, 0.15) is 12.9 Å². The number of hydrogen-bond acceptors (Lipinski definition) is 5. The molecule has 1 fully saturated rings. The van der Waals surface area contributed by atoms with Crippen molar-refractivity contribution in [2.24, 2.45) is 5.92 Å². The molecule has 1 saturated heterocycles. The molecule has 122 valence electrons. The summed E-state index contributed by atoms with van der Waals surface area (Å²) >= 11 is 0. The fourth-order valence-electron chi connectivity index (χ4n) is 2.47. The molecule has 2 rings (SSSR count). The van der Waals surface area contributed by atoms with Crippen LogP contribution in [0, 0.1) is 5.92 Å². The monoisotopic (exact) mass is 308 g/mol. The van der Waals surface area contributed by atoms with Gasteiger partial charge in [0, 0.05) is 7.11 Å². The van der Waals surface area contributed by atoms with Crippen LogP contribution in [0.1, 0.15) is 25.3 Å². The maximum absolute atomic E-state index is 12.0. The van der Waals surface area contributed by atoms with Crippen molar-refractivity contribution in [3.63, 3.8) is 0 Å². The van der Waals surface area contributed by atoms with Gasteiger partial charge in [-0.2, -0.15) is 0 Å². The quantitative estimate of drug-likeness (QED) is 0.572. The highest BCUT2D eigenvalue weighted by Crippen LogP contribution is 2.23. The van der Waals surface area contributed by atoms with Crippen LogP contribution in [-0.2, 0) is 30.3 Å². The molecule has 1 heterocycles. The zero-order chi connectivity index (χ0) is 15.8. The molecular weight excluding hydrogens is 284 g/mol. The lowest BCUT2D eigenvalue weighted by Crippen LogP contribution is -2.29. The van der Waals surface area contributed by atoms with E-state index in [0.717, 1.165) is 18.4 Å². The number of rotatable bonds is 7. The van der Waals surface area contributed by atoms with Crippen molar-refractivity contribution in [1.82, 2.24) is 0 Å². The highest BCUT2D eigenvalue weighted by molar-refractivity contribution is 5.73. The van der Waals surface area contributed by atoms with Crippen LogP contribution < -0.4 is 0 Å². The van der Waals surface area contributed by atoms with Crippen LogP contribution in [0.25, 0.3) is 0 Å². The second-order valence-electron chi connectivity index (χ2n) is 5.54. The Morgan fingerprint density at radius 3 is 2.73 bits per heavy atom. The second kappa shape index (κ2) is 8.88. The SMILES string of the molecule is COCO[C@H]1CC[C@@H](COCc2ccccc2)OC(=O)[C@@H]1C. The molecule has 0 amide bonds. The van der Waals surface area contributed by atoms with Crippen LogP contribution in [-0.4, -0.2) is 38.7 Å². The number of carbonyl (C=O) groups is 1. The van der Waals surface area contributed by atoms with Crippen molar-refractivity contribution < 1.29 is 23.7 Å². The normalized spacial score (nSPS) is 25.5. The summed E-state index contributed by atoms with van der Waals surface area (Å²) in [6.45, 7) is 2.95. The van der Waals surface area contributed by atoms with Gasteiger partial charge in [0.05, 0.1) is 25.2 Å². The summed E-state index contributed by atoms with van der Waals surface area (Å²) in [7, 11) is 1.57. The van der Waals surface area contributed by atoms with Gasteiger partial charge in [-0.1, -0.05) is 30.3 Å². The van der Waals surface area contributed by atoms with E-state index < -0.39 is 0 Å². The molecule has 5 nitrogen and oxygen atoms in total. The van der Waals surface area contributed by atoms with E-state index in [1.54, 1.807) is 7.11 Å². The standard InChI is InChI=1S/C17H24O5/c1-13-16(21-12-19-2)9-8-15(22-17(13)18)11-20-10-14-6-4-3-5-7-14/h3-7,13,15-16H,8-12H2,1-2H3/t13-,15+,16+/m1/s1. The molecular formula is C17H24O5. The molecule has 0 unspecified atom stereocenters. The first-order valence-electron chi connectivity index (χ1n) is 7.63. The van der Waals surface area contributed by atoms with Crippen LogP contribution in [0.4, 0.5) is 0 Å². The third kappa shape index (κ3) is 5.09. The molecule has 3 atom stereocenters. The third-order valence-electron chi connectivity index (χ3n) is 3.80. The van der Waals surface area contributed by atoms with Crippen molar-refractivity contribution in [3.05, 3.63) is 35.9 Å². The Bertz CT molecular complexity index is 448. The van der Waals surface area contributed by atoms with Crippen LogP contribution in [0.3, 0.4) is 0 Å². The zero-order valence-electron chi connectivity index (χ0n) is 13.2. The molecule has 22 heavy (non-hydrogen) atoms. The summed E-state index contributed by atoms with van der Waals surface area (Å²) in [5.74, 6) is -0.513. The minimum atomic E-state index is -0.283. The molecule has 0 radical (unpaired) electrons. The summed E-state index contributed by atoms with van der Waals surface area (Å²) in [6.07, 6.45) is 1.12. The Kier molecular flexibility index (Phi) is 6.83. The molecule has 0 bridgehead atoms. The Hall–Kier alpha value is -1.43. The zero-order valence-corrected chi connectivity index (χ0v) is 13.2. The first-order valence-corrected chi connectivity index (χ1v) is 7.63. The smallest absolute Gasteiger partial charge is 0.311 e. The molecule has 0 N–H and O–H groups in total. The fourth-order valence-corrected chi connectivity index (χ4v) is 2.47. The average molecular weight is 308 g/mol. The number of ether oxygens (including phenoxy) is 4. The van der Waals surface area contributed by atoms with E-state index in [0.29, 0.717) is 13.2 Å². The van der Waals surface area contributed by atoms with E-state index in [1.165, 1.54) is 0 Å². The first kappa shape index (κ1) is 16.9. The van der Waals surface area contributed by atoms with E-state index in [4.69, 9.17) is 18.9 Å². The number of cyclic esters (lactones) is 1. The first-order chi connectivity index (χ1) is 10.7. The number of benzene rings is 1. The van der Waals surface area contributed by atoms with E-state index in [9.17, 15) is 4.79 Å². The van der Waals surface area contributed by atoms with Crippen molar-refractivity contribution in [3.8, 4) is 0 Å². The summed E-state index contributed by atoms with van der Waals surface area (Å²) < 4.78 is 21.6. The molecule has 0 spiro atoms. The highest BCUT2D eigenvalue weighted by atomic mass is 16.7. The minimum absolute atomic E-state index is 0.161. The maximum Gasteiger partial charge on any atom is 0.311 e. The number of esters is 1. The lowest BCUT2D eigenvalue weighted by atomic mass is 10.0. The number of carbonyl (C=O) groups excluding carboxylic acids is 1. The minimum Gasteiger partial charge on any atom is -0.460 e. The molecule has 1 aromatic carbocycles. The number of methoxy groups -OCH3 is 1. The topological polar surface area (TPSA) is 54.0 Å². The summed E-state index contributed by atoms with van der Waals surface area (Å²) in [5.41, 5.74) is 1.11. The molecule has 0 saturated carbocycles. The average Bonchev–Trinajstić information content (AvgIpc) is 2.67. The van der Waals surface area contributed by atoms with E-state index in [1.807, 2.05) is 37.3 Å². The van der Waals surface area contributed by atoms with Crippen molar-refractivity contribution in [2.45, 2.75) is 38.6 Å². The van der Waals surface area contributed by atoms with Gasteiger partial charge in [0.15, 0.2) is 0 Å². The van der Waals surface area contributed by atoms with Crippen molar-refractivity contribution in [2.75, 3.05) is 20.5 Å². The Labute approximate surface area is 131 Å². The van der Waals surface area contributed by atoms with Gasteiger partial charge in [-0.25, -0.2) is 0 Å². The highest BCUT2D eigenvalue weighted by Gasteiger charge is 2.32. The predicted octanol–water partition coefficient (Wildman–Crippen LogP) is 2.53. The van der Waals surface area contributed by atoms with E-state index in [-0.39, 0.29) is 30.9 Å². The van der Waals surface area contributed by atoms with Gasteiger partial charge in [-0.05, 0) is 25.3 Å². The van der Waals surface area contributed by atoms with E-state index in [2.05, 4.69) is 0 Å². The molecule has 5 heteroatoms. The van der Waals surface area contributed by atoms with Crippen LogP contribution in [0.2, 0.25) is 0 Å². The largest absolute Gasteiger partial charge is 0.460 e. The van der Waals surface area contributed by atoms with Crippen LogP contribution in [0.5, 0.6) is 0 Å². The molecule has 0 aromatic heterocycles. The van der Waals surface area contributed by atoms with Crippen LogP contribution >= 0.6 is 0 Å². The Morgan fingerprint density at radius 1 is 1.23 bits per heavy atom. The van der Waals surface area contributed by atoms with Gasteiger partial charge in [-0.3, -0.25) is 4.79 Å². The fraction of sp³-hybridized carbons (Fsp3) is 0.588. The second-order valence-corrected chi connectivity index (χ2v) is 5.54. The van der Waals surface area contributed by atoms with Crippen molar-refractivity contribution >= 4 is 5.97 Å². The van der Waals surface area contributed by atoms with E-state index >= 15 is 0 Å². The predicted molar refractivity (Wildman–Crippen MR) is 81.1 cm³/mol. The maximum atomic E-state index is 12.0. The summed E-state index contributed by atoms with van der Waals surface area (Å²) in [6, 6.07) is 9.94. The Balaban J connectivity index is 1.79. The number of hydrogen-bond donors (Lipinski definition) is 0. The summed E-state index contributed by atoms with van der Waals surface area (Å²) in [5, 5.41) is 0. The lowest BCUT2D eigenvalue weighted by Gasteiger charge is -2.18. The van der Waals surface area contributed by atoms with Gasteiger partial charge in [0.25, 0.3) is 0 Å². The molecule has 1 aliphatic rings. The Morgan fingerprint density at radius 2 is 2.00 bits per heavy atom. The third-order valence-corrected chi connectivity index (χ3v) is 3.80. The summed E-state index contributed by atoms with van der Waals surface area (Å²) in [4.78, 5) is 12.0. The molecule has 1 aromatic rings. The lowest BCUT2D eigenvalue weighted by molar-refractivity contribution is -0.160. The van der Waals surface area contributed by atoms with Gasteiger partial charge >= 0.3 is 5.97 Å². The van der Waals surface area contributed by atoms with Crippen molar-refractivity contribution in [1.29, 1.82) is 0 Å². The molecule has 1 aliphatic heterocycles.